The van der Waals surface area contributed by atoms with Crippen LogP contribution in [0.1, 0.15) is 44.8 Å². The third-order valence-corrected chi connectivity index (χ3v) is 2.21. The van der Waals surface area contributed by atoms with Gasteiger partial charge in [-0.05, 0) is 25.5 Å². The fourth-order valence-corrected chi connectivity index (χ4v) is 1.58. The van der Waals surface area contributed by atoms with Gasteiger partial charge in [0.15, 0.2) is 0 Å². The van der Waals surface area contributed by atoms with Crippen molar-refractivity contribution in [3.05, 3.63) is 18.0 Å². The number of hydrogen-bond donors (Lipinski definition) is 2. The Morgan fingerprint density at radius 2 is 2.23 bits per heavy atom. The second-order valence-corrected chi connectivity index (χ2v) is 3.01. The van der Waals surface area contributed by atoms with Crippen molar-refractivity contribution >= 4 is 0 Å². The summed E-state index contributed by atoms with van der Waals surface area (Å²) in [6.45, 7) is 5.14. The van der Waals surface area contributed by atoms with Gasteiger partial charge in [-0.1, -0.05) is 20.3 Å². The summed E-state index contributed by atoms with van der Waals surface area (Å²) in [5.74, 6) is 0. The van der Waals surface area contributed by atoms with E-state index in [1.165, 1.54) is 25.0 Å². The monoisotopic (exact) mass is 181 g/mol. The highest BCUT2D eigenvalue weighted by molar-refractivity contribution is 5.04. The minimum Gasteiger partial charge on any atom is -0.309 e. The Morgan fingerprint density at radius 3 is 2.77 bits per heavy atom. The number of piperidine rings is 1. The van der Waals surface area contributed by atoms with Gasteiger partial charge < -0.3 is 5.32 Å². The first-order chi connectivity index (χ1) is 6.47. The standard InChI is InChI=1S/C8H13N3.C2H6/c1-2-5-9-7(3-1)8-4-6-10-11-8;1-2/h4,6-7,9H,1-3,5H2,(H,10,11);1-2H3. The van der Waals surface area contributed by atoms with E-state index in [1.807, 2.05) is 26.1 Å². The van der Waals surface area contributed by atoms with E-state index >= 15 is 0 Å². The number of nitrogens with one attached hydrogen (secondary N) is 2. The first kappa shape index (κ1) is 10.3. The fraction of sp³-hybridized carbons (Fsp3) is 0.700. The van der Waals surface area contributed by atoms with Crippen LogP contribution in [0.2, 0.25) is 0 Å². The van der Waals surface area contributed by atoms with E-state index in [9.17, 15) is 0 Å². The van der Waals surface area contributed by atoms with Crippen LogP contribution in [0.4, 0.5) is 0 Å². The Balaban J connectivity index is 0.000000396. The highest BCUT2D eigenvalue weighted by Gasteiger charge is 2.14. The Kier molecular flexibility index (Phi) is 4.54. The smallest absolute Gasteiger partial charge is 0.0521 e. The summed E-state index contributed by atoms with van der Waals surface area (Å²) < 4.78 is 0. The average molecular weight is 181 g/mol. The third kappa shape index (κ3) is 2.84. The lowest BCUT2D eigenvalue weighted by atomic mass is 10.0. The summed E-state index contributed by atoms with van der Waals surface area (Å²) in [7, 11) is 0. The number of aromatic nitrogens is 2. The van der Waals surface area contributed by atoms with E-state index in [0.29, 0.717) is 6.04 Å². The topological polar surface area (TPSA) is 40.7 Å². The van der Waals surface area contributed by atoms with Crippen LogP contribution in [-0.4, -0.2) is 16.7 Å². The van der Waals surface area contributed by atoms with E-state index in [2.05, 4.69) is 15.5 Å². The molecule has 0 aromatic carbocycles. The van der Waals surface area contributed by atoms with Gasteiger partial charge in [-0.15, -0.1) is 0 Å². The van der Waals surface area contributed by atoms with E-state index in [-0.39, 0.29) is 0 Å². The molecule has 2 rings (SSSR count). The maximum atomic E-state index is 3.93. The van der Waals surface area contributed by atoms with E-state index < -0.39 is 0 Å². The van der Waals surface area contributed by atoms with Crippen molar-refractivity contribution in [3.63, 3.8) is 0 Å². The Labute approximate surface area is 79.9 Å². The van der Waals surface area contributed by atoms with Crippen LogP contribution in [0, 0.1) is 0 Å². The Hall–Kier alpha value is -0.830. The van der Waals surface area contributed by atoms with Crippen molar-refractivity contribution in [2.75, 3.05) is 6.54 Å². The number of nitrogens with zero attached hydrogens (tertiary/aromatic N) is 1. The lowest BCUT2D eigenvalue weighted by molar-refractivity contribution is 0.405. The van der Waals surface area contributed by atoms with E-state index in [1.54, 1.807) is 0 Å². The maximum absolute atomic E-state index is 3.93. The minimum atomic E-state index is 0.520. The van der Waals surface area contributed by atoms with Crippen LogP contribution in [0.15, 0.2) is 12.3 Å². The molecule has 13 heavy (non-hydrogen) atoms. The van der Waals surface area contributed by atoms with Crippen molar-refractivity contribution in [2.24, 2.45) is 0 Å². The molecule has 1 aromatic heterocycles. The van der Waals surface area contributed by atoms with Crippen molar-refractivity contribution in [1.82, 2.24) is 15.5 Å². The minimum absolute atomic E-state index is 0.520. The number of hydrogen-bond acceptors (Lipinski definition) is 2. The molecule has 0 radical (unpaired) electrons. The fourth-order valence-electron chi connectivity index (χ4n) is 1.58. The normalized spacial score (nSPS) is 21.8. The van der Waals surface area contributed by atoms with Gasteiger partial charge in [0.1, 0.15) is 0 Å². The third-order valence-electron chi connectivity index (χ3n) is 2.21. The van der Waals surface area contributed by atoms with Gasteiger partial charge >= 0.3 is 0 Å². The van der Waals surface area contributed by atoms with Gasteiger partial charge in [-0.3, -0.25) is 5.10 Å². The zero-order valence-corrected chi connectivity index (χ0v) is 8.51. The highest BCUT2D eigenvalue weighted by atomic mass is 15.1. The summed E-state index contributed by atoms with van der Waals surface area (Å²) in [6, 6.07) is 2.56. The number of aromatic amines is 1. The molecular weight excluding hydrogens is 162 g/mol. The summed E-state index contributed by atoms with van der Waals surface area (Å²) in [5, 5.41) is 10.4. The van der Waals surface area contributed by atoms with Gasteiger partial charge in [0, 0.05) is 12.2 Å². The summed E-state index contributed by atoms with van der Waals surface area (Å²) >= 11 is 0. The van der Waals surface area contributed by atoms with Gasteiger partial charge in [-0.2, -0.15) is 5.10 Å². The molecular formula is C10H19N3. The van der Waals surface area contributed by atoms with Crippen molar-refractivity contribution in [2.45, 2.75) is 39.2 Å². The van der Waals surface area contributed by atoms with Gasteiger partial charge in [-0.25, -0.2) is 0 Å². The molecule has 1 fully saturated rings. The number of rotatable bonds is 1. The summed E-state index contributed by atoms with van der Waals surface area (Å²) in [4.78, 5) is 0. The number of H-pyrrole nitrogens is 1. The lowest BCUT2D eigenvalue weighted by Gasteiger charge is -2.21. The lowest BCUT2D eigenvalue weighted by Crippen LogP contribution is -2.26. The molecule has 1 atom stereocenters. The largest absolute Gasteiger partial charge is 0.309 e. The molecule has 0 saturated carbocycles. The molecule has 0 spiro atoms. The summed E-state index contributed by atoms with van der Waals surface area (Å²) in [6.07, 6.45) is 5.69. The molecule has 1 aliphatic heterocycles. The maximum Gasteiger partial charge on any atom is 0.0521 e. The van der Waals surface area contributed by atoms with E-state index in [0.717, 1.165) is 6.54 Å². The summed E-state index contributed by atoms with van der Waals surface area (Å²) in [5.41, 5.74) is 1.23. The molecule has 0 bridgehead atoms. The van der Waals surface area contributed by atoms with Crippen LogP contribution in [-0.2, 0) is 0 Å². The van der Waals surface area contributed by atoms with E-state index in [4.69, 9.17) is 0 Å². The first-order valence-electron chi connectivity index (χ1n) is 5.19. The SMILES string of the molecule is CC.c1cc(C2CCCCN2)[nH]n1. The molecule has 3 heteroatoms. The molecule has 1 saturated heterocycles. The molecule has 1 unspecified atom stereocenters. The zero-order valence-electron chi connectivity index (χ0n) is 8.51. The first-order valence-corrected chi connectivity index (χ1v) is 5.19. The van der Waals surface area contributed by atoms with Crippen LogP contribution in [0.5, 0.6) is 0 Å². The quantitative estimate of drug-likeness (QED) is 0.697. The van der Waals surface area contributed by atoms with Gasteiger partial charge in [0.05, 0.1) is 5.69 Å². The molecule has 0 aliphatic carbocycles. The van der Waals surface area contributed by atoms with Gasteiger partial charge in [0.25, 0.3) is 0 Å². The second kappa shape index (κ2) is 5.75. The molecule has 1 aromatic rings. The highest BCUT2D eigenvalue weighted by Crippen LogP contribution is 2.20. The predicted molar refractivity (Wildman–Crippen MR) is 54.5 cm³/mol. The predicted octanol–water partition coefficient (Wildman–Crippen LogP) is 2.25. The van der Waals surface area contributed by atoms with Crippen molar-refractivity contribution in [3.8, 4) is 0 Å². The molecule has 1 aliphatic rings. The molecule has 2 N–H and O–H groups in total. The Bertz CT molecular complexity index is 200. The van der Waals surface area contributed by atoms with Crippen molar-refractivity contribution < 1.29 is 0 Å². The molecule has 3 nitrogen and oxygen atoms in total. The molecule has 74 valence electrons. The van der Waals surface area contributed by atoms with Crippen LogP contribution in [0.25, 0.3) is 0 Å². The van der Waals surface area contributed by atoms with Crippen LogP contribution >= 0.6 is 0 Å². The zero-order chi connectivity index (χ0) is 9.52. The average Bonchev–Trinajstić information content (AvgIpc) is 2.75. The second-order valence-electron chi connectivity index (χ2n) is 3.01. The van der Waals surface area contributed by atoms with Crippen LogP contribution in [0.3, 0.4) is 0 Å². The van der Waals surface area contributed by atoms with Gasteiger partial charge in [0.2, 0.25) is 0 Å². The molecule has 0 amide bonds. The Morgan fingerprint density at radius 1 is 1.38 bits per heavy atom. The molecule has 2 heterocycles. The van der Waals surface area contributed by atoms with Crippen molar-refractivity contribution in [1.29, 1.82) is 0 Å². The van der Waals surface area contributed by atoms with Crippen LogP contribution < -0.4 is 5.32 Å².